The molecule has 18 heavy (non-hydrogen) atoms. The minimum atomic E-state index is 0.488. The molecule has 0 aliphatic rings. The third-order valence-electron chi connectivity index (χ3n) is 2.68. The van der Waals surface area contributed by atoms with Gasteiger partial charge in [0.25, 0.3) is 0 Å². The Morgan fingerprint density at radius 1 is 1.33 bits per heavy atom. The summed E-state index contributed by atoms with van der Waals surface area (Å²) in [6.45, 7) is 2.01. The molecule has 1 heterocycles. The summed E-state index contributed by atoms with van der Waals surface area (Å²) in [7, 11) is 1.53. The Balaban J connectivity index is 2.58. The zero-order valence-electron chi connectivity index (χ0n) is 10.1. The first-order valence-corrected chi connectivity index (χ1v) is 6.15. The molecule has 0 bridgehead atoms. The fourth-order valence-electron chi connectivity index (χ4n) is 1.71. The van der Waals surface area contributed by atoms with Crippen molar-refractivity contribution in [2.45, 2.75) is 6.92 Å². The monoisotopic (exact) mass is 302 g/mol. The van der Waals surface area contributed by atoms with Gasteiger partial charge in [0.05, 0.1) is 24.6 Å². The van der Waals surface area contributed by atoms with Gasteiger partial charge < -0.3 is 4.74 Å². The predicted octanol–water partition coefficient (Wildman–Crippen LogP) is 3.70. The van der Waals surface area contributed by atoms with E-state index in [4.69, 9.17) is 10.00 Å². The molecule has 0 aliphatic heterocycles. The van der Waals surface area contributed by atoms with Crippen molar-refractivity contribution >= 4 is 15.9 Å². The van der Waals surface area contributed by atoms with Crippen molar-refractivity contribution in [1.82, 2.24) is 4.98 Å². The van der Waals surface area contributed by atoms with Crippen molar-refractivity contribution in [2.75, 3.05) is 7.11 Å². The average molecular weight is 303 g/mol. The van der Waals surface area contributed by atoms with Crippen molar-refractivity contribution < 1.29 is 4.74 Å². The molecule has 90 valence electrons. The quantitative estimate of drug-likeness (QED) is 0.850. The first-order chi connectivity index (χ1) is 8.65. The van der Waals surface area contributed by atoms with Crippen molar-refractivity contribution in [1.29, 1.82) is 5.26 Å². The fourth-order valence-corrected chi connectivity index (χ4v) is 2.07. The molecule has 0 N–H and O–H groups in total. The molecule has 0 spiro atoms. The maximum absolute atomic E-state index is 9.08. The number of aromatic nitrogens is 1. The van der Waals surface area contributed by atoms with Crippen LogP contribution in [0.25, 0.3) is 11.3 Å². The lowest BCUT2D eigenvalue weighted by Crippen LogP contribution is -1.93. The molecule has 0 unspecified atom stereocenters. The Bertz CT molecular complexity index is 632. The highest BCUT2D eigenvalue weighted by atomic mass is 79.9. The standard InChI is InChI=1S/C14H11BrN2O/c1-9-3-4-11(15)6-12(9)13-5-10(7-16)14(18-2)8-17-13/h3-6,8H,1-2H3. The number of halogens is 1. The van der Waals surface area contributed by atoms with Gasteiger partial charge in [-0.25, -0.2) is 0 Å². The first kappa shape index (κ1) is 12.6. The minimum Gasteiger partial charge on any atom is -0.494 e. The molecule has 0 atom stereocenters. The molecule has 1 aromatic carbocycles. The van der Waals surface area contributed by atoms with Crippen molar-refractivity contribution in [3.05, 3.63) is 46.1 Å². The van der Waals surface area contributed by atoms with Crippen LogP contribution in [0.1, 0.15) is 11.1 Å². The van der Waals surface area contributed by atoms with Gasteiger partial charge in [-0.1, -0.05) is 22.0 Å². The number of methoxy groups -OCH3 is 1. The Hall–Kier alpha value is -1.86. The molecule has 1 aromatic heterocycles. The van der Waals surface area contributed by atoms with Crippen LogP contribution in [0.4, 0.5) is 0 Å². The van der Waals surface area contributed by atoms with E-state index in [-0.39, 0.29) is 0 Å². The van der Waals surface area contributed by atoms with E-state index in [0.717, 1.165) is 21.3 Å². The highest BCUT2D eigenvalue weighted by molar-refractivity contribution is 9.10. The van der Waals surface area contributed by atoms with Gasteiger partial charge in [-0.15, -0.1) is 0 Å². The third kappa shape index (κ3) is 2.36. The van der Waals surface area contributed by atoms with Crippen LogP contribution in [0.2, 0.25) is 0 Å². The molecule has 0 aliphatic carbocycles. The topological polar surface area (TPSA) is 45.9 Å². The number of nitriles is 1. The van der Waals surface area contributed by atoms with Crippen LogP contribution < -0.4 is 4.74 Å². The molecular weight excluding hydrogens is 292 g/mol. The highest BCUT2D eigenvalue weighted by Gasteiger charge is 2.09. The van der Waals surface area contributed by atoms with E-state index >= 15 is 0 Å². The Morgan fingerprint density at radius 2 is 2.11 bits per heavy atom. The molecule has 0 saturated carbocycles. The summed E-state index contributed by atoms with van der Waals surface area (Å²) in [6, 6.07) is 9.84. The Labute approximate surface area is 114 Å². The van der Waals surface area contributed by atoms with E-state index in [1.54, 1.807) is 12.3 Å². The summed E-state index contributed by atoms with van der Waals surface area (Å²) >= 11 is 3.44. The van der Waals surface area contributed by atoms with Gasteiger partial charge in [0, 0.05) is 10.0 Å². The maximum atomic E-state index is 9.08. The second-order valence-electron chi connectivity index (χ2n) is 3.84. The molecule has 2 rings (SSSR count). The number of pyridine rings is 1. The number of aryl methyl sites for hydroxylation is 1. The molecule has 0 saturated heterocycles. The van der Waals surface area contributed by atoms with Crippen LogP contribution in [-0.2, 0) is 0 Å². The number of nitrogens with zero attached hydrogens (tertiary/aromatic N) is 2. The van der Waals surface area contributed by atoms with E-state index in [1.807, 2.05) is 25.1 Å². The third-order valence-corrected chi connectivity index (χ3v) is 3.18. The molecule has 4 heteroatoms. The van der Waals surface area contributed by atoms with E-state index in [0.29, 0.717) is 11.3 Å². The molecule has 3 nitrogen and oxygen atoms in total. The second-order valence-corrected chi connectivity index (χ2v) is 4.76. The number of benzene rings is 1. The summed E-state index contributed by atoms with van der Waals surface area (Å²) < 4.78 is 6.07. The van der Waals surface area contributed by atoms with Gasteiger partial charge >= 0.3 is 0 Å². The van der Waals surface area contributed by atoms with E-state index in [1.165, 1.54) is 7.11 Å². The summed E-state index contributed by atoms with van der Waals surface area (Å²) in [5, 5.41) is 9.08. The second kappa shape index (κ2) is 5.19. The van der Waals surface area contributed by atoms with Crippen LogP contribution in [0.15, 0.2) is 34.9 Å². The minimum absolute atomic E-state index is 0.488. The van der Waals surface area contributed by atoms with Gasteiger partial charge in [0.15, 0.2) is 5.75 Å². The number of ether oxygens (including phenoxy) is 1. The number of hydrogen-bond acceptors (Lipinski definition) is 3. The lowest BCUT2D eigenvalue weighted by atomic mass is 10.0. The van der Waals surface area contributed by atoms with Crippen molar-refractivity contribution in [2.24, 2.45) is 0 Å². The van der Waals surface area contributed by atoms with Crippen molar-refractivity contribution in [3.8, 4) is 23.1 Å². The van der Waals surface area contributed by atoms with E-state index < -0.39 is 0 Å². The fraction of sp³-hybridized carbons (Fsp3) is 0.143. The molecular formula is C14H11BrN2O. The Kier molecular flexibility index (Phi) is 3.63. The summed E-state index contributed by atoms with van der Waals surface area (Å²) in [5.74, 6) is 0.494. The SMILES string of the molecule is COc1cnc(-c2cc(Br)ccc2C)cc1C#N. The van der Waals surface area contributed by atoms with E-state index in [2.05, 4.69) is 27.0 Å². The van der Waals surface area contributed by atoms with Gasteiger partial charge in [0.1, 0.15) is 6.07 Å². The van der Waals surface area contributed by atoms with Gasteiger partial charge in [0.2, 0.25) is 0 Å². The van der Waals surface area contributed by atoms with Gasteiger partial charge in [-0.05, 0) is 30.7 Å². The Morgan fingerprint density at radius 3 is 2.78 bits per heavy atom. The normalized spacial score (nSPS) is 9.89. The average Bonchev–Trinajstić information content (AvgIpc) is 2.40. The van der Waals surface area contributed by atoms with E-state index in [9.17, 15) is 0 Å². The largest absolute Gasteiger partial charge is 0.494 e. The van der Waals surface area contributed by atoms with Gasteiger partial charge in [-0.3, -0.25) is 4.98 Å². The maximum Gasteiger partial charge on any atom is 0.154 e. The van der Waals surface area contributed by atoms with Crippen LogP contribution in [-0.4, -0.2) is 12.1 Å². The highest BCUT2D eigenvalue weighted by Crippen LogP contribution is 2.28. The van der Waals surface area contributed by atoms with Crippen LogP contribution in [0.5, 0.6) is 5.75 Å². The summed E-state index contributed by atoms with van der Waals surface area (Å²) in [6.07, 6.45) is 1.58. The lowest BCUT2D eigenvalue weighted by molar-refractivity contribution is 0.411. The van der Waals surface area contributed by atoms with Crippen LogP contribution in [0.3, 0.4) is 0 Å². The zero-order valence-corrected chi connectivity index (χ0v) is 11.7. The summed E-state index contributed by atoms with van der Waals surface area (Å²) in [5.41, 5.74) is 3.37. The first-order valence-electron chi connectivity index (χ1n) is 5.36. The zero-order chi connectivity index (χ0) is 13.1. The molecule has 2 aromatic rings. The van der Waals surface area contributed by atoms with Crippen LogP contribution >= 0.6 is 15.9 Å². The van der Waals surface area contributed by atoms with Crippen LogP contribution in [0, 0.1) is 18.3 Å². The number of rotatable bonds is 2. The summed E-state index contributed by atoms with van der Waals surface area (Å²) in [4.78, 5) is 4.33. The predicted molar refractivity (Wildman–Crippen MR) is 73.4 cm³/mol. The molecule has 0 fully saturated rings. The molecule has 0 amide bonds. The number of hydrogen-bond donors (Lipinski definition) is 0. The lowest BCUT2D eigenvalue weighted by Gasteiger charge is -2.08. The molecule has 0 radical (unpaired) electrons. The van der Waals surface area contributed by atoms with Crippen molar-refractivity contribution in [3.63, 3.8) is 0 Å². The smallest absolute Gasteiger partial charge is 0.154 e. The van der Waals surface area contributed by atoms with Gasteiger partial charge in [-0.2, -0.15) is 5.26 Å².